The summed E-state index contributed by atoms with van der Waals surface area (Å²) in [5, 5.41) is 6.05. The molecule has 3 aromatic heterocycles. The summed E-state index contributed by atoms with van der Waals surface area (Å²) in [7, 11) is 0. The van der Waals surface area contributed by atoms with E-state index >= 15 is 0 Å². The van der Waals surface area contributed by atoms with Crippen LogP contribution in [0.15, 0.2) is 259 Å². The summed E-state index contributed by atoms with van der Waals surface area (Å²) in [6.07, 6.45) is 4.30. The highest BCUT2D eigenvalue weighted by Gasteiger charge is 2.22. The fourth-order valence-corrected chi connectivity index (χ4v) is 11.7. The summed E-state index contributed by atoms with van der Waals surface area (Å²) in [6.45, 7) is 4.17. The van der Waals surface area contributed by atoms with Gasteiger partial charge in [0.15, 0.2) is 5.84 Å². The molecule has 13 aromatic rings. The monoisotopic (exact) mass is 1010 g/mol. The number of fused-ring (bicyclic) bond motifs is 7. The average molecular weight is 1010 g/mol. The normalized spacial score (nSPS) is 12.8. The molecule has 6 nitrogen and oxygen atoms in total. The zero-order valence-electron chi connectivity index (χ0n) is 42.8. The van der Waals surface area contributed by atoms with Crippen LogP contribution < -0.4 is 5.73 Å². The predicted octanol–water partition coefficient (Wildman–Crippen LogP) is 17.5. The third-order valence-electron chi connectivity index (χ3n) is 15.0. The van der Waals surface area contributed by atoms with Crippen molar-refractivity contribution in [1.82, 2.24) is 13.7 Å². The van der Waals surface area contributed by atoms with Crippen molar-refractivity contribution in [2.24, 2.45) is 15.7 Å². The van der Waals surface area contributed by atoms with Crippen LogP contribution in [0.3, 0.4) is 0 Å². The molecular weight excluding hydrogens is 957 g/mol. The van der Waals surface area contributed by atoms with E-state index in [-0.39, 0.29) is 6.04 Å². The van der Waals surface area contributed by atoms with Crippen molar-refractivity contribution >= 4 is 84.9 Å². The van der Waals surface area contributed by atoms with Gasteiger partial charge in [-0.15, -0.1) is 0 Å². The van der Waals surface area contributed by atoms with Crippen LogP contribution in [0.4, 0.5) is 0 Å². The highest BCUT2D eigenvalue weighted by molar-refractivity contribution is 7.79. The number of nitrogens with zero attached hydrogens (tertiary/aromatic N) is 5. The highest BCUT2D eigenvalue weighted by atomic mass is 32.1. The van der Waals surface area contributed by atoms with Gasteiger partial charge in [-0.3, -0.25) is 4.99 Å². The van der Waals surface area contributed by atoms with Crippen molar-refractivity contribution in [3.05, 3.63) is 277 Å². The fourth-order valence-electron chi connectivity index (χ4n) is 11.4. The Kier molecular flexibility index (Phi) is 12.3. The van der Waals surface area contributed by atoms with Crippen molar-refractivity contribution in [3.63, 3.8) is 0 Å². The molecule has 0 aliphatic heterocycles. The molecule has 0 fully saturated rings. The van der Waals surface area contributed by atoms with E-state index < -0.39 is 0 Å². The van der Waals surface area contributed by atoms with Gasteiger partial charge < -0.3 is 19.4 Å². The van der Waals surface area contributed by atoms with Gasteiger partial charge in [0.2, 0.25) is 0 Å². The molecule has 0 saturated heterocycles. The number of para-hydroxylation sites is 4. The zero-order valence-corrected chi connectivity index (χ0v) is 43.7. The maximum Gasteiger partial charge on any atom is 0.157 e. The molecule has 0 aliphatic carbocycles. The minimum atomic E-state index is -0.187. The van der Waals surface area contributed by atoms with Crippen LogP contribution in [0.1, 0.15) is 47.8 Å². The second-order valence-corrected chi connectivity index (χ2v) is 19.9. The van der Waals surface area contributed by atoms with Gasteiger partial charge in [0.05, 0.1) is 45.0 Å². The van der Waals surface area contributed by atoms with E-state index in [9.17, 15) is 0 Å². The fraction of sp³-hybridized carbons (Fsp3) is 0.0571. The number of allylic oxidation sites excluding steroid dienone is 1. The lowest BCUT2D eigenvalue weighted by Crippen LogP contribution is -2.17. The lowest BCUT2D eigenvalue weighted by atomic mass is 9.99. The average Bonchev–Trinajstić information content (AvgIpc) is 4.22. The van der Waals surface area contributed by atoms with Gasteiger partial charge >= 0.3 is 0 Å². The van der Waals surface area contributed by atoms with E-state index in [4.69, 9.17) is 28.3 Å². The third-order valence-corrected chi connectivity index (χ3v) is 15.3. The summed E-state index contributed by atoms with van der Waals surface area (Å²) < 4.78 is 7.14. The molecule has 0 spiro atoms. The maximum atomic E-state index is 6.84. The van der Waals surface area contributed by atoms with E-state index in [0.717, 1.165) is 67.1 Å². The first kappa shape index (κ1) is 47.3. The zero-order chi connectivity index (χ0) is 52.0. The van der Waals surface area contributed by atoms with Crippen molar-refractivity contribution in [1.29, 1.82) is 0 Å². The smallest absolute Gasteiger partial charge is 0.157 e. The quantitative estimate of drug-likeness (QED) is 0.0757. The van der Waals surface area contributed by atoms with Crippen molar-refractivity contribution in [3.8, 4) is 39.3 Å². The maximum absolute atomic E-state index is 6.84. The predicted molar refractivity (Wildman–Crippen MR) is 329 cm³/mol. The molecule has 1 atom stereocenters. The number of rotatable bonds is 11. The molecule has 1 unspecified atom stereocenters. The number of amidine groups is 2. The van der Waals surface area contributed by atoms with E-state index in [1.807, 2.05) is 48.5 Å². The summed E-state index contributed by atoms with van der Waals surface area (Å²) >= 11 is 4.90. The molecule has 0 bridgehead atoms. The summed E-state index contributed by atoms with van der Waals surface area (Å²) in [4.78, 5) is 10.4. The van der Waals surface area contributed by atoms with Gasteiger partial charge in [-0.2, -0.15) is 12.6 Å². The highest BCUT2D eigenvalue weighted by Crippen LogP contribution is 2.41. The first-order chi connectivity index (χ1) is 37.9. The van der Waals surface area contributed by atoms with Crippen LogP contribution in [-0.2, 0) is 5.75 Å². The van der Waals surface area contributed by atoms with E-state index in [2.05, 4.69) is 234 Å². The Morgan fingerprint density at radius 2 is 0.974 bits per heavy atom. The van der Waals surface area contributed by atoms with Crippen molar-refractivity contribution in [2.45, 2.75) is 25.6 Å². The topological polar surface area (TPSA) is 65.5 Å². The van der Waals surface area contributed by atoms with Gasteiger partial charge in [0, 0.05) is 60.7 Å². The number of nitrogens with two attached hydrogens (primary N) is 1. The molecule has 370 valence electrons. The lowest BCUT2D eigenvalue weighted by molar-refractivity contribution is 0.818. The SMILES string of the molecule is C/C=C\c1c(CS)c2ccccc2n1-c1ccc(C(N=C(N)c2ccccc2)=NC(C)c2ccccc2)cc1-c1ccc(-n2c3ccccc3c3cc(-c4ccc5c(c4)c4ccccc4n5-c4ccccc4)ccc32)cc1. The number of hydrogen-bond donors (Lipinski definition) is 2. The Bertz CT molecular complexity index is 4450. The van der Waals surface area contributed by atoms with Gasteiger partial charge in [0.25, 0.3) is 0 Å². The lowest BCUT2D eigenvalue weighted by Gasteiger charge is -2.18. The minimum absolute atomic E-state index is 0.187. The molecule has 77 heavy (non-hydrogen) atoms. The molecule has 0 aliphatic rings. The van der Waals surface area contributed by atoms with Crippen LogP contribution in [0.2, 0.25) is 0 Å². The second kappa shape index (κ2) is 20.0. The van der Waals surface area contributed by atoms with E-state index in [0.29, 0.717) is 17.4 Å². The Balaban J connectivity index is 0.957. The molecule has 0 amide bonds. The van der Waals surface area contributed by atoms with Gasteiger partial charge in [-0.05, 0) is 133 Å². The number of aromatic nitrogens is 3. The number of benzene rings is 10. The Morgan fingerprint density at radius 1 is 0.481 bits per heavy atom. The Hall–Kier alpha value is -9.43. The molecule has 3 heterocycles. The van der Waals surface area contributed by atoms with E-state index in [1.165, 1.54) is 54.7 Å². The molecule has 0 radical (unpaired) electrons. The van der Waals surface area contributed by atoms with Crippen LogP contribution in [0.25, 0.3) is 99.9 Å². The Labute approximate surface area is 453 Å². The third kappa shape index (κ3) is 8.42. The summed E-state index contributed by atoms with van der Waals surface area (Å²) in [6, 6.07) is 86.2. The first-order valence-corrected chi connectivity index (χ1v) is 26.8. The molecule has 0 saturated carbocycles. The molecular formula is C70H54N6S. The van der Waals surface area contributed by atoms with Gasteiger partial charge in [0.1, 0.15) is 5.84 Å². The van der Waals surface area contributed by atoms with Crippen LogP contribution >= 0.6 is 12.6 Å². The second-order valence-electron chi connectivity index (χ2n) is 19.6. The number of aliphatic imine (C=N–C) groups is 2. The molecule has 13 rings (SSSR count). The van der Waals surface area contributed by atoms with Crippen LogP contribution in [0.5, 0.6) is 0 Å². The van der Waals surface area contributed by atoms with Gasteiger partial charge in [-0.1, -0.05) is 164 Å². The van der Waals surface area contributed by atoms with Crippen LogP contribution in [0, 0.1) is 0 Å². The van der Waals surface area contributed by atoms with Crippen molar-refractivity contribution < 1.29 is 0 Å². The molecule has 2 N–H and O–H groups in total. The molecule has 10 aromatic carbocycles. The van der Waals surface area contributed by atoms with Crippen LogP contribution in [-0.4, -0.2) is 25.4 Å². The number of thiol groups is 1. The number of hydrogen-bond acceptors (Lipinski definition) is 2. The van der Waals surface area contributed by atoms with E-state index in [1.54, 1.807) is 0 Å². The van der Waals surface area contributed by atoms with Crippen molar-refractivity contribution in [2.75, 3.05) is 0 Å². The molecule has 7 heteroatoms. The summed E-state index contributed by atoms with van der Waals surface area (Å²) in [5.74, 6) is 1.54. The summed E-state index contributed by atoms with van der Waals surface area (Å²) in [5.41, 5.74) is 25.3. The standard InChI is InChI=1S/C70H54N6S/c1-3-19-62-61(45-77)57-28-15-18-31-65(57)76(62)66-41-36-52(70(72-46(2)47-20-7-4-8-21-47)73-69(71)49-22-9-5-10-23-49)44-58(66)48-32-37-54(38-33-48)75-64-30-17-14-27-56(64)60-43-51(35-40-68(60)75)50-34-39-67-59(42-50)55-26-13-16-29-63(55)74(67)53-24-11-6-12-25-53/h3-44,46,77H,45H2,1-2H3,(H2,71,72,73)/b19-3-. The van der Waals surface area contributed by atoms with Gasteiger partial charge in [-0.25, -0.2) is 4.99 Å². The minimum Gasteiger partial charge on any atom is -0.383 e. The first-order valence-electron chi connectivity index (χ1n) is 26.2. The largest absolute Gasteiger partial charge is 0.383 e. The Morgan fingerprint density at radius 3 is 1.56 bits per heavy atom.